The first-order valence-electron chi connectivity index (χ1n) is 6.68. The summed E-state index contributed by atoms with van der Waals surface area (Å²) in [5, 5.41) is 9.27. The number of carboxylic acid groups (broad SMARTS) is 1. The number of thioether (sulfide) groups is 1. The molecule has 0 aliphatic heterocycles. The van der Waals surface area contributed by atoms with Crippen molar-refractivity contribution in [3.05, 3.63) is 27.4 Å². The van der Waals surface area contributed by atoms with Crippen LogP contribution in [0, 0.1) is 13.8 Å². The molecule has 6 heteroatoms. The second-order valence-electron chi connectivity index (χ2n) is 4.92. The Kier molecular flexibility index (Phi) is 6.26. The molecule has 1 unspecified atom stereocenters. The molecule has 0 saturated heterocycles. The van der Waals surface area contributed by atoms with Crippen molar-refractivity contribution < 1.29 is 9.90 Å². The highest BCUT2D eigenvalue weighted by atomic mass is 32.2. The molecule has 0 bridgehead atoms. The molecule has 0 aliphatic carbocycles. The van der Waals surface area contributed by atoms with E-state index in [1.165, 1.54) is 0 Å². The van der Waals surface area contributed by atoms with Gasteiger partial charge in [-0.05, 0) is 38.5 Å². The zero-order valence-electron chi connectivity index (χ0n) is 12.5. The lowest BCUT2D eigenvalue weighted by molar-refractivity contribution is -0.136. The molecule has 1 aromatic rings. The molecule has 1 aromatic heterocycles. The van der Waals surface area contributed by atoms with Gasteiger partial charge in [0.05, 0.1) is 0 Å². The van der Waals surface area contributed by atoms with Crippen LogP contribution in [0.2, 0.25) is 0 Å². The summed E-state index contributed by atoms with van der Waals surface area (Å²) in [7, 11) is 0. The van der Waals surface area contributed by atoms with E-state index in [0.29, 0.717) is 23.9 Å². The zero-order valence-corrected chi connectivity index (χ0v) is 13.3. The van der Waals surface area contributed by atoms with E-state index in [1.807, 2.05) is 13.2 Å². The molecule has 0 spiro atoms. The Morgan fingerprint density at radius 1 is 1.45 bits per heavy atom. The minimum atomic E-state index is -0.836. The molecule has 0 aliphatic rings. The van der Waals surface area contributed by atoms with Crippen molar-refractivity contribution in [1.82, 2.24) is 9.55 Å². The fourth-order valence-corrected chi connectivity index (χ4v) is 2.47. The van der Waals surface area contributed by atoms with Crippen molar-refractivity contribution in [2.75, 3.05) is 6.26 Å². The number of hydrogen-bond acceptors (Lipinski definition) is 4. The topological polar surface area (TPSA) is 72.2 Å². The Labute approximate surface area is 123 Å². The summed E-state index contributed by atoms with van der Waals surface area (Å²) in [5.41, 5.74) is 2.12. The van der Waals surface area contributed by atoms with E-state index >= 15 is 0 Å². The lowest BCUT2D eigenvalue weighted by atomic mass is 10.1. The van der Waals surface area contributed by atoms with Gasteiger partial charge >= 0.3 is 11.7 Å². The molecule has 0 radical (unpaired) electrons. The van der Waals surface area contributed by atoms with Gasteiger partial charge in [0.2, 0.25) is 0 Å². The molecule has 1 rings (SSSR count). The van der Waals surface area contributed by atoms with Gasteiger partial charge in [0.1, 0.15) is 0 Å². The van der Waals surface area contributed by atoms with E-state index in [1.54, 1.807) is 23.3 Å². The quantitative estimate of drug-likeness (QED) is 0.834. The number of carboxylic acids is 1. The summed E-state index contributed by atoms with van der Waals surface area (Å²) in [5.74, 6) is -0.836. The SMILES string of the molecule is CSC(C)CCn1c(C)c(CCC(=O)O)c(C)nc1=O. The monoisotopic (exact) mass is 298 g/mol. The highest BCUT2D eigenvalue weighted by Gasteiger charge is 2.13. The van der Waals surface area contributed by atoms with Crippen LogP contribution in [-0.4, -0.2) is 32.1 Å². The maximum Gasteiger partial charge on any atom is 0.347 e. The van der Waals surface area contributed by atoms with Crippen molar-refractivity contribution in [3.63, 3.8) is 0 Å². The minimum Gasteiger partial charge on any atom is -0.481 e. The third kappa shape index (κ3) is 4.37. The van der Waals surface area contributed by atoms with Gasteiger partial charge in [-0.2, -0.15) is 16.7 Å². The van der Waals surface area contributed by atoms with E-state index in [0.717, 1.165) is 17.7 Å². The van der Waals surface area contributed by atoms with Crippen molar-refractivity contribution in [2.45, 2.75) is 51.8 Å². The van der Waals surface area contributed by atoms with Crippen LogP contribution in [0.1, 0.15) is 36.7 Å². The van der Waals surface area contributed by atoms with Gasteiger partial charge in [-0.3, -0.25) is 9.36 Å². The largest absolute Gasteiger partial charge is 0.481 e. The maximum atomic E-state index is 12.0. The smallest absolute Gasteiger partial charge is 0.347 e. The number of aliphatic carboxylic acids is 1. The number of carbonyl (C=O) groups is 1. The maximum absolute atomic E-state index is 12.0. The van der Waals surface area contributed by atoms with Crippen molar-refractivity contribution in [3.8, 4) is 0 Å². The second kappa shape index (κ2) is 7.47. The third-order valence-electron chi connectivity index (χ3n) is 3.52. The van der Waals surface area contributed by atoms with Crippen LogP contribution in [0.25, 0.3) is 0 Å². The zero-order chi connectivity index (χ0) is 15.3. The number of nitrogens with zero attached hydrogens (tertiary/aromatic N) is 2. The molecular weight excluding hydrogens is 276 g/mol. The molecule has 1 N–H and O–H groups in total. The van der Waals surface area contributed by atoms with Crippen LogP contribution in [-0.2, 0) is 17.8 Å². The van der Waals surface area contributed by atoms with E-state index in [4.69, 9.17) is 5.11 Å². The average Bonchev–Trinajstić information content (AvgIpc) is 2.37. The molecule has 0 amide bonds. The van der Waals surface area contributed by atoms with Crippen LogP contribution < -0.4 is 5.69 Å². The first-order chi connectivity index (χ1) is 9.36. The van der Waals surface area contributed by atoms with Crippen LogP contribution >= 0.6 is 11.8 Å². The first kappa shape index (κ1) is 16.8. The molecular formula is C14H22N2O3S. The summed E-state index contributed by atoms with van der Waals surface area (Å²) in [6.07, 6.45) is 3.41. The lowest BCUT2D eigenvalue weighted by Crippen LogP contribution is -2.28. The van der Waals surface area contributed by atoms with Gasteiger partial charge in [-0.25, -0.2) is 4.79 Å². The molecule has 0 aromatic carbocycles. The van der Waals surface area contributed by atoms with E-state index in [-0.39, 0.29) is 12.1 Å². The Balaban J connectivity index is 3.02. The van der Waals surface area contributed by atoms with Gasteiger partial charge in [0.15, 0.2) is 0 Å². The second-order valence-corrected chi connectivity index (χ2v) is 6.20. The van der Waals surface area contributed by atoms with Gasteiger partial charge in [0, 0.05) is 29.6 Å². The number of aryl methyl sites for hydroxylation is 1. The molecule has 112 valence electrons. The predicted molar refractivity (Wildman–Crippen MR) is 81.5 cm³/mol. The first-order valence-corrected chi connectivity index (χ1v) is 7.97. The average molecular weight is 298 g/mol. The fourth-order valence-electron chi connectivity index (χ4n) is 2.13. The third-order valence-corrected chi connectivity index (χ3v) is 4.56. The van der Waals surface area contributed by atoms with Crippen LogP contribution in [0.3, 0.4) is 0 Å². The number of aromatic nitrogens is 2. The predicted octanol–water partition coefficient (Wildman–Crippen LogP) is 2.02. The molecule has 1 atom stereocenters. The Morgan fingerprint density at radius 3 is 2.65 bits per heavy atom. The summed E-state index contributed by atoms with van der Waals surface area (Å²) in [4.78, 5) is 26.7. The normalized spacial score (nSPS) is 12.4. The number of rotatable bonds is 7. The highest BCUT2D eigenvalue weighted by molar-refractivity contribution is 7.99. The highest BCUT2D eigenvalue weighted by Crippen LogP contribution is 2.15. The van der Waals surface area contributed by atoms with Gasteiger partial charge < -0.3 is 5.11 Å². The molecule has 5 nitrogen and oxygen atoms in total. The number of hydrogen-bond donors (Lipinski definition) is 1. The standard InChI is InChI=1S/C14H22N2O3S/c1-9(20-4)7-8-16-11(3)12(5-6-13(17)18)10(2)15-14(16)19/h9H,5-8H2,1-4H3,(H,17,18). The summed E-state index contributed by atoms with van der Waals surface area (Å²) >= 11 is 1.76. The van der Waals surface area contributed by atoms with Crippen LogP contribution in [0.15, 0.2) is 4.79 Å². The van der Waals surface area contributed by atoms with Crippen LogP contribution in [0.4, 0.5) is 0 Å². The summed E-state index contributed by atoms with van der Waals surface area (Å²) < 4.78 is 1.66. The minimum absolute atomic E-state index is 0.0583. The van der Waals surface area contributed by atoms with Gasteiger partial charge in [-0.1, -0.05) is 6.92 Å². The summed E-state index contributed by atoms with van der Waals surface area (Å²) in [6.45, 7) is 6.38. The summed E-state index contributed by atoms with van der Waals surface area (Å²) in [6, 6.07) is 0. The van der Waals surface area contributed by atoms with Crippen molar-refractivity contribution in [2.24, 2.45) is 0 Å². The molecule has 1 heterocycles. The Bertz CT molecular complexity index is 540. The van der Waals surface area contributed by atoms with Crippen LogP contribution in [0.5, 0.6) is 0 Å². The Hall–Kier alpha value is -1.30. The van der Waals surface area contributed by atoms with Crippen molar-refractivity contribution >= 4 is 17.7 Å². The van der Waals surface area contributed by atoms with E-state index in [2.05, 4.69) is 11.9 Å². The molecule has 0 fully saturated rings. The van der Waals surface area contributed by atoms with E-state index < -0.39 is 5.97 Å². The molecule has 0 saturated carbocycles. The van der Waals surface area contributed by atoms with Crippen molar-refractivity contribution in [1.29, 1.82) is 0 Å². The van der Waals surface area contributed by atoms with E-state index in [9.17, 15) is 9.59 Å². The molecule has 20 heavy (non-hydrogen) atoms. The fraction of sp³-hybridized carbons (Fsp3) is 0.643. The van der Waals surface area contributed by atoms with Gasteiger partial charge in [-0.15, -0.1) is 0 Å². The lowest BCUT2D eigenvalue weighted by Gasteiger charge is -2.16. The van der Waals surface area contributed by atoms with Gasteiger partial charge in [0.25, 0.3) is 0 Å². The Morgan fingerprint density at radius 2 is 2.10 bits per heavy atom.